The summed E-state index contributed by atoms with van der Waals surface area (Å²) in [7, 11) is 2.38. The molecule has 1 atom stereocenters. The number of anilines is 3. The van der Waals surface area contributed by atoms with Crippen LogP contribution in [0.25, 0.3) is 12.2 Å². The van der Waals surface area contributed by atoms with E-state index in [-0.39, 0.29) is 46.2 Å². The standard InChI is InChI=1S/C43H37N7O11/c1-60-37-32(19-17-30(35(37)52)41(56)47-33-20-18-31(43(58)59)36(53)38(33)61-2)46-39(54)26-11-13-27(14-12-26)45-42(57)34(21-28-22-44-50-49-28)48-40(55)25-9-5-23(6-10-25)3-4-24-7-15-29(51)16-8-24/h3-20,22,34,51-53H,21H2,1-2H3,(H,45,57)(H,46,54)(H,47,56)(H,48,55)(H,58,59)(H,44,49,50)/b4-3+/t34-/m0/s1. The second kappa shape index (κ2) is 18.7. The van der Waals surface area contributed by atoms with Crippen molar-refractivity contribution in [2.24, 2.45) is 0 Å². The van der Waals surface area contributed by atoms with E-state index >= 15 is 0 Å². The molecule has 0 saturated carbocycles. The summed E-state index contributed by atoms with van der Waals surface area (Å²) in [5.41, 5.74) is 2.14. The summed E-state index contributed by atoms with van der Waals surface area (Å²) in [6.45, 7) is 0. The summed E-state index contributed by atoms with van der Waals surface area (Å²) < 4.78 is 10.4. The number of carboxylic acid groups (broad SMARTS) is 1. The van der Waals surface area contributed by atoms with Crippen LogP contribution in [0.5, 0.6) is 28.7 Å². The maximum absolute atomic E-state index is 13.5. The first-order valence-corrected chi connectivity index (χ1v) is 18.1. The number of amides is 4. The van der Waals surface area contributed by atoms with Crippen LogP contribution >= 0.6 is 0 Å². The molecule has 1 heterocycles. The molecule has 0 aliphatic rings. The fraction of sp³-hybridized carbons (Fsp3) is 0.0930. The van der Waals surface area contributed by atoms with Gasteiger partial charge in [-0.2, -0.15) is 0 Å². The topological polar surface area (TPSA) is 274 Å². The molecular weight excluding hydrogens is 791 g/mol. The minimum atomic E-state index is -1.42. The van der Waals surface area contributed by atoms with Crippen molar-refractivity contribution in [3.05, 3.63) is 142 Å². The minimum Gasteiger partial charge on any atom is -0.508 e. The van der Waals surface area contributed by atoms with Crippen molar-refractivity contribution in [2.45, 2.75) is 12.5 Å². The fourth-order valence-electron chi connectivity index (χ4n) is 5.94. The molecule has 0 aliphatic carbocycles. The largest absolute Gasteiger partial charge is 0.508 e. The van der Waals surface area contributed by atoms with Gasteiger partial charge in [-0.15, -0.1) is 5.10 Å². The molecule has 0 bridgehead atoms. The molecule has 5 aromatic carbocycles. The molecule has 0 radical (unpaired) electrons. The van der Waals surface area contributed by atoms with Crippen LogP contribution in [0.3, 0.4) is 0 Å². The quantitative estimate of drug-likeness (QED) is 0.0596. The number of aromatic amines is 1. The van der Waals surface area contributed by atoms with Gasteiger partial charge in [0.2, 0.25) is 5.91 Å². The van der Waals surface area contributed by atoms with Gasteiger partial charge in [-0.3, -0.25) is 24.3 Å². The molecule has 0 fully saturated rings. The number of carboxylic acids is 1. The number of carbonyl (C=O) groups is 5. The second-order valence-electron chi connectivity index (χ2n) is 13.1. The third-order valence-electron chi connectivity index (χ3n) is 9.10. The van der Waals surface area contributed by atoms with Crippen molar-refractivity contribution in [3.63, 3.8) is 0 Å². The number of carbonyl (C=O) groups excluding carboxylic acids is 4. The molecule has 0 aliphatic heterocycles. The SMILES string of the molecule is COc1c(NC(=O)c2ccc(NC(=O)c3ccc(NC(=O)[C@H](Cc4cnn[nH]4)NC(=O)c4ccc(/C=C/c5ccc(O)cc5)cc4)cc3)c(OC)c2O)ccc(C(=O)O)c1O. The van der Waals surface area contributed by atoms with E-state index in [2.05, 4.69) is 36.7 Å². The molecule has 6 aromatic rings. The number of phenolic OH excluding ortho intramolecular Hbond substituents is 2. The summed E-state index contributed by atoms with van der Waals surface area (Å²) in [4.78, 5) is 64.6. The zero-order valence-electron chi connectivity index (χ0n) is 32.3. The summed E-state index contributed by atoms with van der Waals surface area (Å²) in [5, 5.41) is 60.7. The number of hydrogen-bond acceptors (Lipinski definition) is 12. The third-order valence-corrected chi connectivity index (χ3v) is 9.10. The van der Waals surface area contributed by atoms with Gasteiger partial charge in [0.15, 0.2) is 23.0 Å². The van der Waals surface area contributed by atoms with E-state index in [1.54, 1.807) is 48.5 Å². The lowest BCUT2D eigenvalue weighted by atomic mass is 10.1. The fourth-order valence-corrected chi connectivity index (χ4v) is 5.94. The number of rotatable bonds is 15. The Morgan fingerprint density at radius 1 is 0.656 bits per heavy atom. The number of nitrogens with one attached hydrogen (secondary N) is 5. The number of phenols is 3. The molecule has 9 N–H and O–H groups in total. The van der Waals surface area contributed by atoms with Gasteiger partial charge in [0.1, 0.15) is 17.4 Å². The Morgan fingerprint density at radius 3 is 1.74 bits per heavy atom. The van der Waals surface area contributed by atoms with Crippen molar-refractivity contribution in [1.82, 2.24) is 20.7 Å². The normalized spacial score (nSPS) is 11.3. The first-order chi connectivity index (χ1) is 29.3. The van der Waals surface area contributed by atoms with Gasteiger partial charge in [-0.1, -0.05) is 41.6 Å². The van der Waals surface area contributed by atoms with E-state index in [4.69, 9.17) is 9.47 Å². The van der Waals surface area contributed by atoms with Gasteiger partial charge < -0.3 is 51.2 Å². The molecule has 18 nitrogen and oxygen atoms in total. The molecule has 6 rings (SSSR count). The lowest BCUT2D eigenvalue weighted by Gasteiger charge is -2.18. The van der Waals surface area contributed by atoms with Crippen LogP contribution in [0.1, 0.15) is 58.3 Å². The molecular formula is C43H37N7O11. The number of methoxy groups -OCH3 is 2. The Kier molecular flexibility index (Phi) is 12.9. The van der Waals surface area contributed by atoms with Crippen LogP contribution in [0, 0.1) is 0 Å². The maximum atomic E-state index is 13.5. The smallest absolute Gasteiger partial charge is 0.339 e. The molecule has 0 unspecified atom stereocenters. The van der Waals surface area contributed by atoms with Gasteiger partial charge in [0, 0.05) is 23.2 Å². The Hall–Kier alpha value is -8.67. The van der Waals surface area contributed by atoms with Gasteiger partial charge in [0.25, 0.3) is 17.7 Å². The highest BCUT2D eigenvalue weighted by atomic mass is 16.5. The van der Waals surface area contributed by atoms with Crippen molar-refractivity contribution < 1.29 is 53.9 Å². The third kappa shape index (κ3) is 10.1. The molecule has 18 heteroatoms. The average Bonchev–Trinajstić information content (AvgIpc) is 3.77. The zero-order chi connectivity index (χ0) is 43.6. The number of nitrogens with zero attached hydrogens (tertiary/aromatic N) is 2. The highest BCUT2D eigenvalue weighted by Gasteiger charge is 2.25. The number of ether oxygens (including phenoxy) is 2. The molecule has 61 heavy (non-hydrogen) atoms. The first-order valence-electron chi connectivity index (χ1n) is 18.1. The van der Waals surface area contributed by atoms with Gasteiger partial charge in [-0.05, 0) is 83.9 Å². The molecule has 1 aromatic heterocycles. The van der Waals surface area contributed by atoms with Crippen LogP contribution < -0.4 is 30.7 Å². The van der Waals surface area contributed by atoms with E-state index in [0.29, 0.717) is 16.9 Å². The highest BCUT2D eigenvalue weighted by molar-refractivity contribution is 6.10. The van der Waals surface area contributed by atoms with Crippen LogP contribution in [-0.2, 0) is 11.2 Å². The van der Waals surface area contributed by atoms with Crippen LogP contribution in [0.2, 0.25) is 0 Å². The molecule has 0 spiro atoms. The maximum Gasteiger partial charge on any atom is 0.339 e. The Bertz CT molecular complexity index is 2610. The van der Waals surface area contributed by atoms with E-state index in [9.17, 15) is 44.4 Å². The van der Waals surface area contributed by atoms with E-state index in [0.717, 1.165) is 17.2 Å². The van der Waals surface area contributed by atoms with Gasteiger partial charge >= 0.3 is 5.97 Å². The Morgan fingerprint density at radius 2 is 1.18 bits per heavy atom. The summed E-state index contributed by atoms with van der Waals surface area (Å²) in [6.07, 6.45) is 5.18. The number of benzene rings is 5. The zero-order valence-corrected chi connectivity index (χ0v) is 32.3. The first kappa shape index (κ1) is 41.9. The van der Waals surface area contributed by atoms with Crippen molar-refractivity contribution >= 4 is 58.8 Å². The lowest BCUT2D eigenvalue weighted by molar-refractivity contribution is -0.118. The number of H-pyrrole nitrogens is 1. The second-order valence-corrected chi connectivity index (χ2v) is 13.1. The number of aromatic carboxylic acids is 1. The van der Waals surface area contributed by atoms with Gasteiger partial charge in [-0.25, -0.2) is 4.79 Å². The van der Waals surface area contributed by atoms with E-state index < -0.39 is 52.7 Å². The summed E-state index contributed by atoms with van der Waals surface area (Å²) in [6, 6.07) is 23.0. The number of hydrogen-bond donors (Lipinski definition) is 9. The molecule has 0 saturated heterocycles. The van der Waals surface area contributed by atoms with Crippen molar-refractivity contribution in [3.8, 4) is 28.7 Å². The number of aromatic hydroxyl groups is 3. The van der Waals surface area contributed by atoms with Crippen LogP contribution in [0.15, 0.2) is 103 Å². The Balaban J connectivity index is 1.10. The van der Waals surface area contributed by atoms with Gasteiger partial charge in [0.05, 0.1) is 43.0 Å². The Labute approximate surface area is 346 Å². The van der Waals surface area contributed by atoms with Crippen LogP contribution in [-0.4, -0.2) is 85.7 Å². The van der Waals surface area contributed by atoms with Crippen molar-refractivity contribution in [1.29, 1.82) is 0 Å². The predicted molar refractivity (Wildman–Crippen MR) is 222 cm³/mol. The number of aromatic nitrogens is 3. The average molecular weight is 828 g/mol. The van der Waals surface area contributed by atoms with Crippen LogP contribution in [0.4, 0.5) is 17.1 Å². The lowest BCUT2D eigenvalue weighted by Crippen LogP contribution is -2.45. The predicted octanol–water partition coefficient (Wildman–Crippen LogP) is 5.29. The van der Waals surface area contributed by atoms with Crippen molar-refractivity contribution in [2.75, 3.05) is 30.2 Å². The summed E-state index contributed by atoms with van der Waals surface area (Å²) >= 11 is 0. The minimum absolute atomic E-state index is 0.00651. The molecule has 4 amide bonds. The monoisotopic (exact) mass is 827 g/mol. The summed E-state index contributed by atoms with van der Waals surface area (Å²) in [5.74, 6) is -5.74. The molecule has 310 valence electrons. The highest BCUT2D eigenvalue weighted by Crippen LogP contribution is 2.40. The van der Waals surface area contributed by atoms with E-state index in [1.807, 2.05) is 12.2 Å². The van der Waals surface area contributed by atoms with E-state index in [1.165, 1.54) is 62.9 Å².